The summed E-state index contributed by atoms with van der Waals surface area (Å²) < 4.78 is 33.8. The summed E-state index contributed by atoms with van der Waals surface area (Å²) in [6.45, 7) is 4.11. The van der Waals surface area contributed by atoms with E-state index < -0.39 is 11.6 Å². The summed E-state index contributed by atoms with van der Waals surface area (Å²) in [4.78, 5) is 0. The van der Waals surface area contributed by atoms with Crippen molar-refractivity contribution in [3.05, 3.63) is 83.0 Å². The van der Waals surface area contributed by atoms with Crippen LogP contribution in [0.1, 0.15) is 62.1 Å². The maximum absolute atomic E-state index is 14.5. The van der Waals surface area contributed by atoms with E-state index in [9.17, 15) is 8.78 Å². The molecule has 0 amide bonds. The van der Waals surface area contributed by atoms with Crippen LogP contribution in [0.3, 0.4) is 0 Å². The monoisotopic (exact) mass is 382 g/mol. The highest BCUT2D eigenvalue weighted by Crippen LogP contribution is 2.38. The van der Waals surface area contributed by atoms with Crippen LogP contribution < -0.4 is 4.74 Å². The minimum absolute atomic E-state index is 0.0208. The van der Waals surface area contributed by atoms with Gasteiger partial charge in [-0.15, -0.1) is 0 Å². The fourth-order valence-corrected chi connectivity index (χ4v) is 3.80. The molecule has 0 spiro atoms. The molecule has 0 saturated heterocycles. The van der Waals surface area contributed by atoms with Gasteiger partial charge >= 0.3 is 0 Å². The zero-order valence-corrected chi connectivity index (χ0v) is 16.7. The van der Waals surface area contributed by atoms with Crippen LogP contribution in [0.15, 0.2) is 54.6 Å². The van der Waals surface area contributed by atoms with Crippen molar-refractivity contribution >= 4 is 5.57 Å². The predicted molar refractivity (Wildman–Crippen MR) is 112 cm³/mol. The molecule has 0 bridgehead atoms. The zero-order valence-electron chi connectivity index (χ0n) is 16.7. The van der Waals surface area contributed by atoms with Gasteiger partial charge in [0.1, 0.15) is 0 Å². The molecule has 3 heteroatoms. The van der Waals surface area contributed by atoms with E-state index in [1.54, 1.807) is 13.0 Å². The summed E-state index contributed by atoms with van der Waals surface area (Å²) in [7, 11) is 0. The van der Waals surface area contributed by atoms with Gasteiger partial charge in [-0.05, 0) is 80.7 Å². The molecule has 1 atom stereocenters. The second-order valence-corrected chi connectivity index (χ2v) is 7.22. The fourth-order valence-electron chi connectivity index (χ4n) is 3.80. The van der Waals surface area contributed by atoms with Crippen molar-refractivity contribution < 1.29 is 13.5 Å². The van der Waals surface area contributed by atoms with Crippen LogP contribution in [0.25, 0.3) is 5.57 Å². The average Bonchev–Trinajstić information content (AvgIpc) is 2.73. The van der Waals surface area contributed by atoms with Gasteiger partial charge in [0, 0.05) is 5.56 Å². The van der Waals surface area contributed by atoms with Gasteiger partial charge < -0.3 is 4.74 Å². The van der Waals surface area contributed by atoms with E-state index in [-0.39, 0.29) is 5.75 Å². The molecule has 0 heterocycles. The van der Waals surface area contributed by atoms with Gasteiger partial charge in [0.2, 0.25) is 5.82 Å². The third-order valence-electron chi connectivity index (χ3n) is 5.39. The van der Waals surface area contributed by atoms with Crippen molar-refractivity contribution in [1.29, 1.82) is 0 Å². The number of ether oxygens (including phenoxy) is 1. The molecule has 1 aliphatic rings. The average molecular weight is 382 g/mol. The second kappa shape index (κ2) is 9.68. The largest absolute Gasteiger partial charge is 0.491 e. The number of hydrogen-bond donors (Lipinski definition) is 0. The molecule has 0 aromatic heterocycles. The highest BCUT2D eigenvalue weighted by molar-refractivity contribution is 5.68. The van der Waals surface area contributed by atoms with Crippen molar-refractivity contribution in [2.75, 3.05) is 6.61 Å². The normalized spacial score (nSPS) is 17.0. The summed E-state index contributed by atoms with van der Waals surface area (Å²) in [5.74, 6) is -1.28. The molecule has 3 rings (SSSR count). The van der Waals surface area contributed by atoms with Crippen LogP contribution in [0.2, 0.25) is 0 Å². The number of allylic oxidation sites excluding steroid dienone is 4. The summed E-state index contributed by atoms with van der Waals surface area (Å²) in [6.07, 6.45) is 11.0. The van der Waals surface area contributed by atoms with Crippen molar-refractivity contribution in [2.24, 2.45) is 0 Å². The van der Waals surface area contributed by atoms with Crippen LogP contribution in [0.4, 0.5) is 8.78 Å². The summed E-state index contributed by atoms with van der Waals surface area (Å²) in [6, 6.07) is 12.0. The number of benzene rings is 2. The van der Waals surface area contributed by atoms with Gasteiger partial charge in [-0.3, -0.25) is 0 Å². The van der Waals surface area contributed by atoms with E-state index in [1.165, 1.54) is 17.2 Å². The highest BCUT2D eigenvalue weighted by Gasteiger charge is 2.21. The molecule has 0 radical (unpaired) electrons. The summed E-state index contributed by atoms with van der Waals surface area (Å²) in [5, 5.41) is 0. The number of aryl methyl sites for hydroxylation is 1. The Kier molecular flexibility index (Phi) is 7.02. The third-order valence-corrected chi connectivity index (χ3v) is 5.39. The number of hydrogen-bond acceptors (Lipinski definition) is 1. The predicted octanol–water partition coefficient (Wildman–Crippen LogP) is 7.22. The molecule has 1 unspecified atom stereocenters. The van der Waals surface area contributed by atoms with E-state index in [0.29, 0.717) is 18.1 Å². The number of rotatable bonds is 7. The van der Waals surface area contributed by atoms with Crippen LogP contribution in [-0.2, 0) is 6.42 Å². The first-order valence-electron chi connectivity index (χ1n) is 10.1. The molecule has 0 saturated carbocycles. The van der Waals surface area contributed by atoms with Gasteiger partial charge in [0.25, 0.3) is 0 Å². The van der Waals surface area contributed by atoms with Crippen LogP contribution in [0, 0.1) is 11.6 Å². The smallest absolute Gasteiger partial charge is 0.201 e. The highest BCUT2D eigenvalue weighted by atomic mass is 19.2. The zero-order chi connectivity index (χ0) is 19.9. The van der Waals surface area contributed by atoms with Crippen molar-refractivity contribution in [3.8, 4) is 5.75 Å². The Morgan fingerprint density at radius 2 is 1.86 bits per heavy atom. The first kappa shape index (κ1) is 20.3. The standard InChI is InChI=1S/C25H28F2O/c1-3-5-6-7-18-8-10-19(11-9-18)20-12-14-21(15-13-20)22-16-17-23(28-4-2)25(27)24(22)26/h3,5,8-11,14,16-17,20H,4,6-7,12-13,15H2,1-2H3/b5-3+. The minimum atomic E-state index is -0.893. The molecule has 1 nitrogen and oxygen atoms in total. The fraction of sp³-hybridized carbons (Fsp3) is 0.360. The lowest BCUT2D eigenvalue weighted by atomic mass is 9.82. The maximum Gasteiger partial charge on any atom is 0.201 e. The molecule has 148 valence electrons. The SMILES string of the molecule is C/C=C/CCc1ccc(C2CC=C(c3ccc(OCC)c(F)c3F)CC2)cc1. The molecule has 0 N–H and O–H groups in total. The Morgan fingerprint density at radius 3 is 2.50 bits per heavy atom. The molecule has 0 fully saturated rings. The summed E-state index contributed by atoms with van der Waals surface area (Å²) >= 11 is 0. The van der Waals surface area contributed by atoms with Gasteiger partial charge in [-0.25, -0.2) is 4.39 Å². The van der Waals surface area contributed by atoms with Gasteiger partial charge in [0.15, 0.2) is 11.6 Å². The first-order chi connectivity index (χ1) is 13.6. The lowest BCUT2D eigenvalue weighted by molar-refractivity contribution is 0.314. The molecule has 0 aliphatic heterocycles. The van der Waals surface area contributed by atoms with E-state index in [0.717, 1.165) is 37.7 Å². The Morgan fingerprint density at radius 1 is 1.07 bits per heavy atom. The molecular weight excluding hydrogens is 354 g/mol. The van der Waals surface area contributed by atoms with Crippen molar-refractivity contribution in [3.63, 3.8) is 0 Å². The minimum Gasteiger partial charge on any atom is -0.491 e. The topological polar surface area (TPSA) is 9.23 Å². The summed E-state index contributed by atoms with van der Waals surface area (Å²) in [5.41, 5.74) is 3.92. The van der Waals surface area contributed by atoms with E-state index in [4.69, 9.17) is 4.74 Å². The molecule has 2 aromatic carbocycles. The molecule has 2 aromatic rings. The molecule has 1 aliphatic carbocycles. The Bertz CT molecular complexity index is 850. The number of halogens is 2. The molecular formula is C25H28F2O. The van der Waals surface area contributed by atoms with E-state index in [1.807, 2.05) is 6.92 Å². The van der Waals surface area contributed by atoms with E-state index >= 15 is 0 Å². The first-order valence-corrected chi connectivity index (χ1v) is 10.1. The Balaban J connectivity index is 1.68. The van der Waals surface area contributed by atoms with Gasteiger partial charge in [0.05, 0.1) is 6.61 Å². The van der Waals surface area contributed by atoms with Gasteiger partial charge in [-0.2, -0.15) is 4.39 Å². The Labute approximate surface area is 166 Å². The van der Waals surface area contributed by atoms with E-state index in [2.05, 4.69) is 42.5 Å². The van der Waals surface area contributed by atoms with Crippen LogP contribution in [-0.4, -0.2) is 6.61 Å². The third kappa shape index (κ3) is 4.70. The lowest BCUT2D eigenvalue weighted by Gasteiger charge is -2.23. The molecule has 28 heavy (non-hydrogen) atoms. The quantitative estimate of drug-likeness (QED) is 0.459. The second-order valence-electron chi connectivity index (χ2n) is 7.22. The van der Waals surface area contributed by atoms with Crippen molar-refractivity contribution in [2.45, 2.75) is 51.9 Å². The van der Waals surface area contributed by atoms with Crippen LogP contribution in [0.5, 0.6) is 5.75 Å². The lowest BCUT2D eigenvalue weighted by Crippen LogP contribution is -2.06. The van der Waals surface area contributed by atoms with Gasteiger partial charge in [-0.1, -0.05) is 42.5 Å². The van der Waals surface area contributed by atoms with Crippen LogP contribution >= 0.6 is 0 Å². The maximum atomic E-state index is 14.5. The van der Waals surface area contributed by atoms with Crippen molar-refractivity contribution in [1.82, 2.24) is 0 Å². The Hall–Kier alpha value is -2.42.